The topological polar surface area (TPSA) is 39.7 Å². The normalized spacial score (nSPS) is 10.6. The number of para-hydroxylation sites is 1. The zero-order valence-electron chi connectivity index (χ0n) is 14.6. The Labute approximate surface area is 148 Å². The van der Waals surface area contributed by atoms with Gasteiger partial charge in [-0.25, -0.2) is 0 Å². The van der Waals surface area contributed by atoms with E-state index in [0.717, 1.165) is 13.1 Å². The third-order valence-corrected chi connectivity index (χ3v) is 4.10. The molecule has 0 saturated heterocycles. The molecule has 0 aromatic heterocycles. The summed E-state index contributed by atoms with van der Waals surface area (Å²) in [5, 5.41) is 5.98. The van der Waals surface area contributed by atoms with Gasteiger partial charge in [-0.05, 0) is 28.5 Å². The summed E-state index contributed by atoms with van der Waals surface area (Å²) in [7, 11) is 3.25. The predicted molar refractivity (Wildman–Crippen MR) is 101 cm³/mol. The van der Waals surface area contributed by atoms with Crippen molar-refractivity contribution < 1.29 is 14.2 Å². The van der Waals surface area contributed by atoms with Crippen LogP contribution >= 0.6 is 0 Å². The van der Waals surface area contributed by atoms with Crippen molar-refractivity contribution in [3.8, 4) is 17.2 Å². The number of hydrogen-bond donors (Lipinski definition) is 1. The number of ether oxygens (including phenoxy) is 3. The van der Waals surface area contributed by atoms with Crippen LogP contribution in [0.1, 0.15) is 5.56 Å². The first-order valence-corrected chi connectivity index (χ1v) is 8.34. The van der Waals surface area contributed by atoms with Crippen molar-refractivity contribution >= 4 is 10.8 Å². The summed E-state index contributed by atoms with van der Waals surface area (Å²) in [6, 6.07) is 20.4. The van der Waals surface area contributed by atoms with E-state index in [4.69, 9.17) is 14.2 Å². The zero-order valence-corrected chi connectivity index (χ0v) is 14.6. The summed E-state index contributed by atoms with van der Waals surface area (Å²) < 4.78 is 16.5. The monoisotopic (exact) mass is 337 g/mol. The summed E-state index contributed by atoms with van der Waals surface area (Å²) in [4.78, 5) is 0. The van der Waals surface area contributed by atoms with Crippen LogP contribution in [-0.2, 0) is 6.54 Å². The Morgan fingerprint density at radius 1 is 0.800 bits per heavy atom. The molecule has 0 amide bonds. The molecule has 0 saturated carbocycles. The van der Waals surface area contributed by atoms with Crippen LogP contribution in [0.3, 0.4) is 0 Å². The number of nitrogens with one attached hydrogen (secondary N) is 1. The van der Waals surface area contributed by atoms with Gasteiger partial charge >= 0.3 is 0 Å². The molecule has 1 N–H and O–H groups in total. The zero-order chi connectivity index (χ0) is 17.5. The Morgan fingerprint density at radius 3 is 2.24 bits per heavy atom. The molecule has 25 heavy (non-hydrogen) atoms. The SMILES string of the molecule is COc1cccc(OC)c1OCCNCc1cccc2ccccc12. The average molecular weight is 337 g/mol. The fourth-order valence-corrected chi connectivity index (χ4v) is 2.85. The summed E-state index contributed by atoms with van der Waals surface area (Å²) in [6.45, 7) is 2.06. The smallest absolute Gasteiger partial charge is 0.203 e. The molecule has 0 atom stereocenters. The molecule has 4 nitrogen and oxygen atoms in total. The minimum absolute atomic E-state index is 0.529. The molecule has 0 spiro atoms. The van der Waals surface area contributed by atoms with E-state index in [9.17, 15) is 0 Å². The number of hydrogen-bond acceptors (Lipinski definition) is 4. The molecule has 0 heterocycles. The molecular weight excluding hydrogens is 314 g/mol. The first-order chi connectivity index (χ1) is 12.3. The third kappa shape index (κ3) is 4.03. The van der Waals surface area contributed by atoms with Gasteiger partial charge in [-0.3, -0.25) is 0 Å². The van der Waals surface area contributed by atoms with Gasteiger partial charge in [0.05, 0.1) is 14.2 Å². The highest BCUT2D eigenvalue weighted by Gasteiger charge is 2.10. The summed E-state index contributed by atoms with van der Waals surface area (Å²) >= 11 is 0. The summed E-state index contributed by atoms with van der Waals surface area (Å²) in [5.74, 6) is 1.99. The lowest BCUT2D eigenvalue weighted by Gasteiger charge is -2.14. The van der Waals surface area contributed by atoms with Crippen LogP contribution in [0.2, 0.25) is 0 Å². The van der Waals surface area contributed by atoms with Gasteiger partial charge < -0.3 is 19.5 Å². The minimum atomic E-state index is 0.529. The van der Waals surface area contributed by atoms with E-state index in [2.05, 4.69) is 47.8 Å². The van der Waals surface area contributed by atoms with Crippen LogP contribution in [0.5, 0.6) is 17.2 Å². The van der Waals surface area contributed by atoms with Crippen LogP contribution in [0, 0.1) is 0 Å². The van der Waals surface area contributed by atoms with Crippen molar-refractivity contribution in [2.45, 2.75) is 6.54 Å². The molecule has 3 aromatic carbocycles. The van der Waals surface area contributed by atoms with Crippen molar-refractivity contribution in [1.82, 2.24) is 5.32 Å². The van der Waals surface area contributed by atoms with Crippen molar-refractivity contribution in [3.05, 3.63) is 66.2 Å². The highest BCUT2D eigenvalue weighted by Crippen LogP contribution is 2.36. The molecule has 3 aromatic rings. The molecule has 3 rings (SSSR count). The molecular formula is C21H23NO3. The van der Waals surface area contributed by atoms with Gasteiger partial charge in [0.1, 0.15) is 6.61 Å². The van der Waals surface area contributed by atoms with E-state index in [0.29, 0.717) is 23.9 Å². The molecule has 0 radical (unpaired) electrons. The van der Waals surface area contributed by atoms with Crippen LogP contribution < -0.4 is 19.5 Å². The maximum absolute atomic E-state index is 5.86. The number of benzene rings is 3. The van der Waals surface area contributed by atoms with Crippen LogP contribution in [-0.4, -0.2) is 27.4 Å². The van der Waals surface area contributed by atoms with Crippen molar-refractivity contribution in [2.75, 3.05) is 27.4 Å². The lowest BCUT2D eigenvalue weighted by Crippen LogP contribution is -2.21. The molecule has 130 valence electrons. The lowest BCUT2D eigenvalue weighted by atomic mass is 10.0. The Kier molecular flexibility index (Phi) is 5.75. The van der Waals surface area contributed by atoms with Crippen molar-refractivity contribution in [1.29, 1.82) is 0 Å². The van der Waals surface area contributed by atoms with Gasteiger partial charge in [0.2, 0.25) is 5.75 Å². The van der Waals surface area contributed by atoms with Crippen molar-refractivity contribution in [3.63, 3.8) is 0 Å². The molecule has 0 aliphatic heterocycles. The molecule has 4 heteroatoms. The first kappa shape index (κ1) is 17.1. The second kappa shape index (κ2) is 8.40. The molecule has 0 aliphatic rings. The Balaban J connectivity index is 1.56. The van der Waals surface area contributed by atoms with Crippen LogP contribution in [0.15, 0.2) is 60.7 Å². The molecule has 0 bridgehead atoms. The Hall–Kier alpha value is -2.72. The first-order valence-electron chi connectivity index (χ1n) is 8.34. The van der Waals surface area contributed by atoms with Gasteiger partial charge in [-0.2, -0.15) is 0 Å². The lowest BCUT2D eigenvalue weighted by molar-refractivity contribution is 0.273. The van der Waals surface area contributed by atoms with E-state index in [1.165, 1.54) is 16.3 Å². The second-order valence-electron chi connectivity index (χ2n) is 5.66. The van der Waals surface area contributed by atoms with Crippen LogP contribution in [0.4, 0.5) is 0 Å². The van der Waals surface area contributed by atoms with E-state index in [1.54, 1.807) is 14.2 Å². The predicted octanol–water partition coefficient (Wildman–Crippen LogP) is 4.03. The van der Waals surface area contributed by atoms with Gasteiger partial charge in [0, 0.05) is 13.1 Å². The standard InChI is InChI=1S/C21H23NO3/c1-23-19-11-6-12-20(24-2)21(19)25-14-13-22-15-17-9-5-8-16-7-3-4-10-18(16)17/h3-12,22H,13-15H2,1-2H3. The minimum Gasteiger partial charge on any atom is -0.493 e. The summed E-state index contributed by atoms with van der Waals surface area (Å²) in [5.41, 5.74) is 1.29. The van der Waals surface area contributed by atoms with E-state index < -0.39 is 0 Å². The quantitative estimate of drug-likeness (QED) is 0.630. The Bertz CT molecular complexity index is 805. The van der Waals surface area contributed by atoms with Gasteiger partial charge in [-0.1, -0.05) is 48.5 Å². The summed E-state index contributed by atoms with van der Waals surface area (Å²) in [6.07, 6.45) is 0. The molecule has 0 aliphatic carbocycles. The molecule has 0 unspecified atom stereocenters. The average Bonchev–Trinajstić information content (AvgIpc) is 2.67. The third-order valence-electron chi connectivity index (χ3n) is 4.10. The van der Waals surface area contributed by atoms with Gasteiger partial charge in [-0.15, -0.1) is 0 Å². The largest absolute Gasteiger partial charge is 0.493 e. The van der Waals surface area contributed by atoms with Gasteiger partial charge in [0.25, 0.3) is 0 Å². The fourth-order valence-electron chi connectivity index (χ4n) is 2.85. The van der Waals surface area contributed by atoms with Crippen molar-refractivity contribution in [2.24, 2.45) is 0 Å². The van der Waals surface area contributed by atoms with E-state index >= 15 is 0 Å². The maximum Gasteiger partial charge on any atom is 0.203 e. The van der Waals surface area contributed by atoms with E-state index in [-0.39, 0.29) is 0 Å². The van der Waals surface area contributed by atoms with E-state index in [1.807, 2.05) is 18.2 Å². The number of fused-ring (bicyclic) bond motifs is 1. The molecule has 0 fully saturated rings. The highest BCUT2D eigenvalue weighted by molar-refractivity contribution is 5.85. The second-order valence-corrected chi connectivity index (χ2v) is 5.66. The fraction of sp³-hybridized carbons (Fsp3) is 0.238. The van der Waals surface area contributed by atoms with Crippen LogP contribution in [0.25, 0.3) is 10.8 Å². The van der Waals surface area contributed by atoms with Gasteiger partial charge in [0.15, 0.2) is 11.5 Å². The number of methoxy groups -OCH3 is 2. The number of rotatable bonds is 8. The maximum atomic E-state index is 5.86. The Morgan fingerprint density at radius 2 is 1.48 bits per heavy atom. The highest BCUT2D eigenvalue weighted by atomic mass is 16.5.